The van der Waals surface area contributed by atoms with E-state index in [-0.39, 0.29) is 6.61 Å². The van der Waals surface area contributed by atoms with Crippen LogP contribution in [0.25, 0.3) is 0 Å². The van der Waals surface area contributed by atoms with E-state index < -0.39 is 6.04 Å². The minimum Gasteiger partial charge on any atom is -0.394 e. The van der Waals surface area contributed by atoms with Crippen LogP contribution in [-0.4, -0.2) is 31.9 Å². The zero-order valence-corrected chi connectivity index (χ0v) is 7.88. The first-order valence-corrected chi connectivity index (χ1v) is 4.27. The molecule has 0 radical (unpaired) electrons. The van der Waals surface area contributed by atoms with Gasteiger partial charge >= 0.3 is 0 Å². The predicted molar refractivity (Wildman–Crippen MR) is 46.7 cm³/mol. The van der Waals surface area contributed by atoms with Gasteiger partial charge in [-0.2, -0.15) is 4.80 Å². The molecule has 0 saturated carbocycles. The monoisotopic (exact) mass is 185 g/mol. The number of nitrogens with two attached hydrogens (primary N) is 1. The molecule has 6 nitrogen and oxygen atoms in total. The molecule has 0 fully saturated rings. The number of aromatic nitrogens is 4. The highest BCUT2D eigenvalue weighted by atomic mass is 16.3. The molecule has 1 aromatic heterocycles. The zero-order valence-electron chi connectivity index (χ0n) is 7.88. The molecule has 0 bridgehead atoms. The van der Waals surface area contributed by atoms with E-state index in [9.17, 15) is 0 Å². The van der Waals surface area contributed by atoms with Gasteiger partial charge in [-0.05, 0) is 11.1 Å². The fourth-order valence-corrected chi connectivity index (χ4v) is 0.890. The largest absolute Gasteiger partial charge is 0.394 e. The molecule has 1 heterocycles. The zero-order chi connectivity index (χ0) is 9.84. The molecule has 1 atom stereocenters. The van der Waals surface area contributed by atoms with Crippen LogP contribution in [0.4, 0.5) is 0 Å². The molecule has 3 N–H and O–H groups in total. The Hall–Kier alpha value is -1.01. The number of aliphatic hydroxyl groups is 1. The first kappa shape index (κ1) is 10.1. The molecule has 74 valence electrons. The van der Waals surface area contributed by atoms with Gasteiger partial charge in [0.15, 0.2) is 5.82 Å². The van der Waals surface area contributed by atoms with Crippen molar-refractivity contribution in [2.45, 2.75) is 26.4 Å². The Morgan fingerprint density at radius 3 is 2.77 bits per heavy atom. The van der Waals surface area contributed by atoms with Gasteiger partial charge in [0.2, 0.25) is 0 Å². The second-order valence-electron chi connectivity index (χ2n) is 3.39. The maximum atomic E-state index is 8.74. The maximum absolute atomic E-state index is 8.74. The lowest BCUT2D eigenvalue weighted by molar-refractivity contribution is 0.263. The lowest BCUT2D eigenvalue weighted by Gasteiger charge is -2.02. The van der Waals surface area contributed by atoms with Crippen LogP contribution in [0, 0.1) is 5.92 Å². The Balaban J connectivity index is 2.63. The molecule has 0 aliphatic carbocycles. The predicted octanol–water partition coefficient (Wildman–Crippen LogP) is -0.679. The summed E-state index contributed by atoms with van der Waals surface area (Å²) in [5.74, 6) is 0.857. The van der Waals surface area contributed by atoms with Gasteiger partial charge in [-0.1, -0.05) is 13.8 Å². The van der Waals surface area contributed by atoms with Crippen molar-refractivity contribution in [3.8, 4) is 0 Å². The average Bonchev–Trinajstić information content (AvgIpc) is 2.50. The summed E-state index contributed by atoms with van der Waals surface area (Å²) < 4.78 is 0. The molecule has 0 saturated heterocycles. The van der Waals surface area contributed by atoms with Crippen LogP contribution in [-0.2, 0) is 6.54 Å². The molecule has 0 spiro atoms. The van der Waals surface area contributed by atoms with Crippen molar-refractivity contribution in [2.75, 3.05) is 6.61 Å². The third-order valence-electron chi connectivity index (χ3n) is 1.53. The molecule has 0 aliphatic rings. The molecule has 0 amide bonds. The van der Waals surface area contributed by atoms with Crippen molar-refractivity contribution in [1.29, 1.82) is 0 Å². The lowest BCUT2D eigenvalue weighted by Crippen LogP contribution is -2.17. The van der Waals surface area contributed by atoms with Crippen LogP contribution < -0.4 is 5.73 Å². The topological polar surface area (TPSA) is 89.9 Å². The van der Waals surface area contributed by atoms with Crippen molar-refractivity contribution in [3.05, 3.63) is 5.82 Å². The van der Waals surface area contributed by atoms with E-state index in [0.717, 1.165) is 0 Å². The van der Waals surface area contributed by atoms with E-state index in [1.807, 2.05) is 0 Å². The minimum absolute atomic E-state index is 0.159. The summed E-state index contributed by atoms with van der Waals surface area (Å²) >= 11 is 0. The van der Waals surface area contributed by atoms with Gasteiger partial charge in [-0.3, -0.25) is 0 Å². The fraction of sp³-hybridized carbons (Fsp3) is 0.857. The summed E-state index contributed by atoms with van der Waals surface area (Å²) in [6.07, 6.45) is 0. The molecule has 0 aliphatic heterocycles. The Bertz CT molecular complexity index is 259. The Kier molecular flexibility index (Phi) is 3.32. The summed E-state index contributed by atoms with van der Waals surface area (Å²) in [6.45, 7) is 4.68. The van der Waals surface area contributed by atoms with Crippen LogP contribution in [0.15, 0.2) is 0 Å². The van der Waals surface area contributed by atoms with Gasteiger partial charge in [0, 0.05) is 0 Å². The molecule has 13 heavy (non-hydrogen) atoms. The normalized spacial score (nSPS) is 13.6. The van der Waals surface area contributed by atoms with Gasteiger partial charge in [-0.15, -0.1) is 10.2 Å². The maximum Gasteiger partial charge on any atom is 0.193 e. The highest BCUT2D eigenvalue weighted by Gasteiger charge is 2.11. The number of hydrogen-bond donors (Lipinski definition) is 2. The average molecular weight is 185 g/mol. The summed E-state index contributed by atoms with van der Waals surface area (Å²) in [5.41, 5.74) is 5.51. The molecule has 1 unspecified atom stereocenters. The smallest absolute Gasteiger partial charge is 0.193 e. The molecular formula is C7H15N5O. The van der Waals surface area contributed by atoms with Gasteiger partial charge in [0.25, 0.3) is 0 Å². The summed E-state index contributed by atoms with van der Waals surface area (Å²) in [6, 6.07) is -0.527. The standard InChI is InChI=1S/C7H15N5O/c1-5(2)3-12-10-7(9-11-12)6(8)4-13/h5-6,13H,3-4,8H2,1-2H3. The van der Waals surface area contributed by atoms with Crippen molar-refractivity contribution >= 4 is 0 Å². The SMILES string of the molecule is CC(C)Cn1nnc(C(N)CO)n1. The second-order valence-corrected chi connectivity index (χ2v) is 3.39. The van der Waals surface area contributed by atoms with Crippen molar-refractivity contribution < 1.29 is 5.11 Å². The third-order valence-corrected chi connectivity index (χ3v) is 1.53. The van der Waals surface area contributed by atoms with E-state index >= 15 is 0 Å². The Labute approximate surface area is 76.7 Å². The van der Waals surface area contributed by atoms with Gasteiger partial charge < -0.3 is 10.8 Å². The van der Waals surface area contributed by atoms with Crippen LogP contribution in [0.1, 0.15) is 25.7 Å². The van der Waals surface area contributed by atoms with E-state index in [1.54, 1.807) is 0 Å². The summed E-state index contributed by atoms with van der Waals surface area (Å²) in [7, 11) is 0. The molecular weight excluding hydrogens is 170 g/mol. The summed E-state index contributed by atoms with van der Waals surface area (Å²) in [5, 5.41) is 20.3. The fourth-order valence-electron chi connectivity index (χ4n) is 0.890. The Morgan fingerprint density at radius 1 is 1.54 bits per heavy atom. The quantitative estimate of drug-likeness (QED) is 0.648. The van der Waals surface area contributed by atoms with Crippen molar-refractivity contribution in [2.24, 2.45) is 11.7 Å². The Morgan fingerprint density at radius 2 is 2.23 bits per heavy atom. The van der Waals surface area contributed by atoms with Crippen molar-refractivity contribution in [3.63, 3.8) is 0 Å². The highest BCUT2D eigenvalue weighted by Crippen LogP contribution is 2.01. The summed E-state index contributed by atoms with van der Waals surface area (Å²) in [4.78, 5) is 1.50. The third kappa shape index (κ3) is 2.74. The van der Waals surface area contributed by atoms with Gasteiger partial charge in [0.05, 0.1) is 19.2 Å². The molecule has 1 rings (SSSR count). The van der Waals surface area contributed by atoms with Crippen LogP contribution >= 0.6 is 0 Å². The first-order chi connectivity index (χ1) is 6.13. The lowest BCUT2D eigenvalue weighted by atomic mass is 10.2. The van der Waals surface area contributed by atoms with Crippen LogP contribution in [0.2, 0.25) is 0 Å². The van der Waals surface area contributed by atoms with Crippen LogP contribution in [0.3, 0.4) is 0 Å². The van der Waals surface area contributed by atoms with Gasteiger partial charge in [-0.25, -0.2) is 0 Å². The number of nitrogens with zero attached hydrogens (tertiary/aromatic N) is 4. The first-order valence-electron chi connectivity index (χ1n) is 4.27. The van der Waals surface area contributed by atoms with E-state index in [1.165, 1.54) is 4.80 Å². The van der Waals surface area contributed by atoms with E-state index in [2.05, 4.69) is 29.3 Å². The number of hydrogen-bond acceptors (Lipinski definition) is 5. The molecule has 1 aromatic rings. The molecule has 6 heteroatoms. The number of aliphatic hydroxyl groups excluding tert-OH is 1. The van der Waals surface area contributed by atoms with Crippen LogP contribution in [0.5, 0.6) is 0 Å². The number of tetrazole rings is 1. The van der Waals surface area contributed by atoms with E-state index in [0.29, 0.717) is 18.3 Å². The van der Waals surface area contributed by atoms with Gasteiger partial charge in [0.1, 0.15) is 0 Å². The number of rotatable bonds is 4. The highest BCUT2D eigenvalue weighted by molar-refractivity contribution is 4.86. The van der Waals surface area contributed by atoms with E-state index in [4.69, 9.17) is 10.8 Å². The second kappa shape index (κ2) is 4.29. The van der Waals surface area contributed by atoms with Crippen molar-refractivity contribution in [1.82, 2.24) is 20.2 Å². The minimum atomic E-state index is -0.527. The molecule has 0 aromatic carbocycles.